The summed E-state index contributed by atoms with van der Waals surface area (Å²) >= 11 is 0. The lowest BCUT2D eigenvalue weighted by molar-refractivity contribution is 0.578. The van der Waals surface area contributed by atoms with Crippen molar-refractivity contribution >= 4 is 30.8 Å². The maximum atomic E-state index is 11.8. The van der Waals surface area contributed by atoms with Crippen molar-refractivity contribution in [3.63, 3.8) is 0 Å². The van der Waals surface area contributed by atoms with Crippen LogP contribution >= 0.6 is 0 Å². The van der Waals surface area contributed by atoms with Gasteiger partial charge in [0.1, 0.15) is 0 Å². The van der Waals surface area contributed by atoms with E-state index >= 15 is 0 Å². The topological polar surface area (TPSA) is 92.3 Å². The number of rotatable bonds is 12. The van der Waals surface area contributed by atoms with E-state index < -0.39 is 20.0 Å². The normalized spacial score (nSPS) is 12.5. The van der Waals surface area contributed by atoms with Gasteiger partial charge in [-0.25, -0.2) is 26.3 Å². The number of sulfonamides is 2. The fraction of sp³-hybridized carbons (Fsp3) is 0.500. The van der Waals surface area contributed by atoms with Crippen LogP contribution in [0, 0.1) is 0 Å². The Hall–Kier alpha value is -1.48. The first-order chi connectivity index (χ1) is 13.3. The van der Waals surface area contributed by atoms with Gasteiger partial charge < -0.3 is 0 Å². The van der Waals surface area contributed by atoms with Gasteiger partial charge in [-0.1, -0.05) is 50.2 Å². The van der Waals surface area contributed by atoms with Crippen LogP contribution in [0.1, 0.15) is 37.8 Å². The molecule has 0 saturated carbocycles. The van der Waals surface area contributed by atoms with E-state index in [9.17, 15) is 16.8 Å². The first kappa shape index (κ1) is 22.8. The van der Waals surface area contributed by atoms with Crippen molar-refractivity contribution in [2.45, 2.75) is 39.5 Å². The highest BCUT2D eigenvalue weighted by molar-refractivity contribution is 7.89. The Labute approximate surface area is 168 Å². The standard InChI is InChI=1S/C20H30N2O4S2/c1-3-15-27(23,24)21-13-11-17-7-5-10-20-18(8-6-9-19(17)20)12-14-22-28(25,26)16-4-2/h5-10,21-22H,3-4,11-16H2,1-2H3. The third kappa shape index (κ3) is 6.84. The van der Waals surface area contributed by atoms with E-state index in [2.05, 4.69) is 9.44 Å². The van der Waals surface area contributed by atoms with Crippen LogP contribution in [0.5, 0.6) is 0 Å². The average molecular weight is 427 g/mol. The van der Waals surface area contributed by atoms with E-state index in [4.69, 9.17) is 0 Å². The van der Waals surface area contributed by atoms with Gasteiger partial charge in [0.2, 0.25) is 20.0 Å². The SMILES string of the molecule is CCCS(=O)(=O)NCCc1cccc2c(CCNS(=O)(=O)CCC)cccc12. The lowest BCUT2D eigenvalue weighted by atomic mass is 9.97. The van der Waals surface area contributed by atoms with Crippen LogP contribution in [-0.2, 0) is 32.9 Å². The largest absolute Gasteiger partial charge is 0.215 e. The Morgan fingerprint density at radius 1 is 0.679 bits per heavy atom. The summed E-state index contributed by atoms with van der Waals surface area (Å²) in [7, 11) is -6.42. The molecule has 0 saturated heterocycles. The average Bonchev–Trinajstić information content (AvgIpc) is 2.62. The Kier molecular flexibility index (Phi) is 8.42. The highest BCUT2D eigenvalue weighted by Crippen LogP contribution is 2.23. The molecule has 2 aromatic carbocycles. The van der Waals surface area contributed by atoms with Crippen LogP contribution in [0.4, 0.5) is 0 Å². The lowest BCUT2D eigenvalue weighted by Gasteiger charge is -2.12. The van der Waals surface area contributed by atoms with Crippen molar-refractivity contribution in [2.24, 2.45) is 0 Å². The second-order valence-corrected chi connectivity index (χ2v) is 10.7. The van der Waals surface area contributed by atoms with E-state index in [1.54, 1.807) is 0 Å². The Balaban J connectivity index is 2.09. The third-order valence-corrected chi connectivity index (χ3v) is 7.66. The second-order valence-electron chi connectivity index (χ2n) is 6.86. The van der Waals surface area contributed by atoms with E-state index in [1.165, 1.54) is 0 Å². The first-order valence-electron chi connectivity index (χ1n) is 9.72. The summed E-state index contributed by atoms with van der Waals surface area (Å²) in [5, 5.41) is 2.15. The van der Waals surface area contributed by atoms with Crippen LogP contribution in [0.2, 0.25) is 0 Å². The minimum Gasteiger partial charge on any atom is -0.215 e. The van der Waals surface area contributed by atoms with Gasteiger partial charge in [0.05, 0.1) is 11.5 Å². The van der Waals surface area contributed by atoms with Crippen molar-refractivity contribution < 1.29 is 16.8 Å². The molecule has 0 unspecified atom stereocenters. The fourth-order valence-electron chi connectivity index (χ4n) is 3.24. The molecule has 8 heteroatoms. The monoisotopic (exact) mass is 426 g/mol. The van der Waals surface area contributed by atoms with Crippen LogP contribution < -0.4 is 9.44 Å². The van der Waals surface area contributed by atoms with Crippen molar-refractivity contribution in [1.82, 2.24) is 9.44 Å². The van der Waals surface area contributed by atoms with Gasteiger partial charge in [-0.3, -0.25) is 0 Å². The summed E-state index contributed by atoms with van der Waals surface area (Å²) in [6, 6.07) is 12.0. The van der Waals surface area contributed by atoms with Crippen LogP contribution in [-0.4, -0.2) is 41.4 Å². The van der Waals surface area contributed by atoms with Gasteiger partial charge in [0.15, 0.2) is 0 Å². The summed E-state index contributed by atoms with van der Waals surface area (Å²) in [4.78, 5) is 0. The Morgan fingerprint density at radius 3 is 1.43 bits per heavy atom. The summed E-state index contributed by atoms with van der Waals surface area (Å²) in [5.74, 6) is 0.279. The third-order valence-electron chi connectivity index (χ3n) is 4.48. The highest BCUT2D eigenvalue weighted by Gasteiger charge is 2.11. The molecule has 2 N–H and O–H groups in total. The maximum absolute atomic E-state index is 11.8. The lowest BCUT2D eigenvalue weighted by Crippen LogP contribution is -2.28. The predicted octanol–water partition coefficient (Wildman–Crippen LogP) is 2.58. The van der Waals surface area contributed by atoms with Crippen LogP contribution in [0.25, 0.3) is 10.8 Å². The molecule has 2 aromatic rings. The van der Waals surface area contributed by atoms with Crippen molar-refractivity contribution in [1.29, 1.82) is 0 Å². The summed E-state index contributed by atoms with van der Waals surface area (Å²) < 4.78 is 52.6. The maximum Gasteiger partial charge on any atom is 0.211 e. The minimum atomic E-state index is -3.21. The van der Waals surface area contributed by atoms with E-state index in [0.29, 0.717) is 38.8 Å². The summed E-state index contributed by atoms with van der Waals surface area (Å²) in [6.07, 6.45) is 2.39. The predicted molar refractivity (Wildman–Crippen MR) is 116 cm³/mol. The summed E-state index contributed by atoms with van der Waals surface area (Å²) in [6.45, 7) is 4.41. The van der Waals surface area contributed by atoms with E-state index in [-0.39, 0.29) is 11.5 Å². The van der Waals surface area contributed by atoms with Gasteiger partial charge in [-0.15, -0.1) is 0 Å². The minimum absolute atomic E-state index is 0.140. The number of benzene rings is 2. The zero-order chi connectivity index (χ0) is 20.6. The molecule has 28 heavy (non-hydrogen) atoms. The zero-order valence-corrected chi connectivity index (χ0v) is 18.2. The van der Waals surface area contributed by atoms with E-state index in [0.717, 1.165) is 21.9 Å². The molecule has 0 spiro atoms. The van der Waals surface area contributed by atoms with Crippen LogP contribution in [0.15, 0.2) is 36.4 Å². The molecule has 156 valence electrons. The number of nitrogens with one attached hydrogen (secondary N) is 2. The molecular weight excluding hydrogens is 396 g/mol. The molecule has 6 nitrogen and oxygen atoms in total. The molecule has 0 heterocycles. The molecule has 0 aromatic heterocycles. The highest BCUT2D eigenvalue weighted by atomic mass is 32.2. The van der Waals surface area contributed by atoms with E-state index in [1.807, 2.05) is 50.2 Å². The Morgan fingerprint density at radius 2 is 1.07 bits per heavy atom. The van der Waals surface area contributed by atoms with Gasteiger partial charge in [0.25, 0.3) is 0 Å². The molecule has 0 radical (unpaired) electrons. The number of hydrogen-bond donors (Lipinski definition) is 2. The van der Waals surface area contributed by atoms with Gasteiger partial charge in [0, 0.05) is 13.1 Å². The molecule has 0 amide bonds. The smallest absolute Gasteiger partial charge is 0.211 e. The number of fused-ring (bicyclic) bond motifs is 1. The molecule has 0 aliphatic heterocycles. The van der Waals surface area contributed by atoms with Crippen molar-refractivity contribution in [2.75, 3.05) is 24.6 Å². The molecule has 0 aliphatic carbocycles. The van der Waals surface area contributed by atoms with Crippen LogP contribution in [0.3, 0.4) is 0 Å². The fourth-order valence-corrected chi connectivity index (χ4v) is 5.43. The molecule has 2 rings (SSSR count). The first-order valence-corrected chi connectivity index (χ1v) is 13.0. The second kappa shape index (κ2) is 10.3. The van der Waals surface area contributed by atoms with Gasteiger partial charge in [-0.2, -0.15) is 0 Å². The molecular formula is C20H30N2O4S2. The van der Waals surface area contributed by atoms with Crippen molar-refractivity contribution in [3.8, 4) is 0 Å². The van der Waals surface area contributed by atoms with Gasteiger partial charge >= 0.3 is 0 Å². The quantitative estimate of drug-likeness (QED) is 0.546. The molecule has 0 bridgehead atoms. The van der Waals surface area contributed by atoms with Crippen molar-refractivity contribution in [3.05, 3.63) is 47.5 Å². The Bertz CT molecular complexity index is 905. The number of hydrogen-bond acceptors (Lipinski definition) is 4. The van der Waals surface area contributed by atoms with Gasteiger partial charge in [-0.05, 0) is 47.6 Å². The molecule has 0 aliphatic rings. The molecule has 0 fully saturated rings. The summed E-state index contributed by atoms with van der Waals surface area (Å²) in [5.41, 5.74) is 2.15. The molecule has 0 atom stereocenters. The zero-order valence-electron chi connectivity index (χ0n) is 16.6.